The molecule has 36 heavy (non-hydrogen) atoms. The number of hydrogen-bond donors (Lipinski definition) is 0. The molecule has 0 N–H and O–H groups in total. The number of hydrogen-bond acceptors (Lipinski definition) is 3. The van der Waals surface area contributed by atoms with Crippen LogP contribution in [0, 0.1) is 17.5 Å². The molecule has 4 aromatic rings. The zero-order chi connectivity index (χ0) is 25.7. The predicted molar refractivity (Wildman–Crippen MR) is 133 cm³/mol. The molecule has 0 saturated carbocycles. The van der Waals surface area contributed by atoms with Crippen LogP contribution >= 0.6 is 0 Å². The minimum atomic E-state index is -1.06. The quantitative estimate of drug-likeness (QED) is 0.187. The number of carbonyl (C=O) groups is 1. The molecule has 0 saturated heterocycles. The Morgan fingerprint density at radius 3 is 2.06 bits per heavy atom. The van der Waals surface area contributed by atoms with Crippen molar-refractivity contribution in [2.24, 2.45) is 0 Å². The Balaban J connectivity index is 1.45. The van der Waals surface area contributed by atoms with Crippen LogP contribution in [0.2, 0.25) is 0 Å². The van der Waals surface area contributed by atoms with Crippen molar-refractivity contribution in [3.63, 3.8) is 0 Å². The minimum Gasteiger partial charge on any atom is -0.488 e. The first-order valence-corrected chi connectivity index (χ1v) is 11.6. The lowest BCUT2D eigenvalue weighted by Crippen LogP contribution is -2.11. The van der Waals surface area contributed by atoms with Gasteiger partial charge in [0, 0.05) is 12.1 Å². The molecular formula is C30H25F3O3. The molecule has 0 aliphatic carbocycles. The van der Waals surface area contributed by atoms with Crippen LogP contribution in [0.5, 0.6) is 11.5 Å². The Bertz CT molecular complexity index is 1330. The van der Waals surface area contributed by atoms with E-state index in [1.165, 1.54) is 17.7 Å². The van der Waals surface area contributed by atoms with E-state index < -0.39 is 29.2 Å². The second-order valence-corrected chi connectivity index (χ2v) is 8.45. The van der Waals surface area contributed by atoms with E-state index in [0.717, 1.165) is 29.7 Å². The van der Waals surface area contributed by atoms with Gasteiger partial charge in [-0.1, -0.05) is 67.6 Å². The molecule has 0 aliphatic rings. The van der Waals surface area contributed by atoms with Crippen LogP contribution in [0.15, 0.2) is 84.9 Å². The second kappa shape index (κ2) is 11.1. The standard InChI is InChI=1S/C30H25F3O3/c1-3-35-29-27(32)17-24(18-28(29)33)36-30(34)25-14-13-23(16-26(25)31)22-11-9-20(10-12-22)15-19(2)21-7-5-4-6-8-21/h4-14,16-19H,3,15H2,1-2H3/t19-/m1/s1. The van der Waals surface area contributed by atoms with Crippen molar-refractivity contribution in [1.82, 2.24) is 0 Å². The molecule has 1 atom stereocenters. The SMILES string of the molecule is CCOc1c(F)cc(OC(=O)c2ccc(-c3ccc(C[C@@H](C)c4ccccc4)cc3)cc2F)cc1F. The largest absolute Gasteiger partial charge is 0.488 e. The molecular weight excluding hydrogens is 465 g/mol. The lowest BCUT2D eigenvalue weighted by molar-refractivity contribution is 0.0728. The van der Waals surface area contributed by atoms with Crippen molar-refractivity contribution in [3.05, 3.63) is 119 Å². The third-order valence-electron chi connectivity index (χ3n) is 5.86. The second-order valence-electron chi connectivity index (χ2n) is 8.45. The third kappa shape index (κ3) is 5.77. The number of benzene rings is 4. The van der Waals surface area contributed by atoms with Crippen molar-refractivity contribution >= 4 is 5.97 Å². The van der Waals surface area contributed by atoms with Crippen LogP contribution < -0.4 is 9.47 Å². The first kappa shape index (κ1) is 25.0. The summed E-state index contributed by atoms with van der Waals surface area (Å²) in [5, 5.41) is 0. The molecule has 0 fully saturated rings. The fraction of sp³-hybridized carbons (Fsp3) is 0.167. The summed E-state index contributed by atoms with van der Waals surface area (Å²) in [6.45, 7) is 3.83. The van der Waals surface area contributed by atoms with E-state index in [1.807, 2.05) is 42.5 Å². The summed E-state index contributed by atoms with van der Waals surface area (Å²) in [6.07, 6.45) is 0.871. The maximum Gasteiger partial charge on any atom is 0.346 e. The van der Waals surface area contributed by atoms with Gasteiger partial charge >= 0.3 is 5.97 Å². The van der Waals surface area contributed by atoms with Gasteiger partial charge in [-0.25, -0.2) is 18.0 Å². The summed E-state index contributed by atoms with van der Waals surface area (Å²) in [5.41, 5.74) is 3.46. The Labute approximate surface area is 208 Å². The van der Waals surface area contributed by atoms with Crippen molar-refractivity contribution in [1.29, 1.82) is 0 Å². The molecule has 6 heteroatoms. The van der Waals surface area contributed by atoms with Gasteiger partial charge in [0.1, 0.15) is 11.6 Å². The minimum absolute atomic E-state index is 0.0695. The van der Waals surface area contributed by atoms with Gasteiger partial charge in [0.05, 0.1) is 12.2 Å². The monoisotopic (exact) mass is 490 g/mol. The molecule has 184 valence electrons. The molecule has 3 nitrogen and oxygen atoms in total. The van der Waals surface area contributed by atoms with E-state index in [-0.39, 0.29) is 17.9 Å². The van der Waals surface area contributed by atoms with Crippen LogP contribution in [0.3, 0.4) is 0 Å². The highest BCUT2D eigenvalue weighted by Gasteiger charge is 2.19. The van der Waals surface area contributed by atoms with Crippen LogP contribution in [0.1, 0.15) is 41.3 Å². The fourth-order valence-corrected chi connectivity index (χ4v) is 3.99. The van der Waals surface area contributed by atoms with Gasteiger partial charge < -0.3 is 9.47 Å². The maximum atomic E-state index is 14.8. The summed E-state index contributed by atoms with van der Waals surface area (Å²) in [7, 11) is 0. The molecule has 0 unspecified atom stereocenters. The Kier molecular flexibility index (Phi) is 7.74. The average Bonchev–Trinajstić information content (AvgIpc) is 2.87. The molecule has 0 amide bonds. The average molecular weight is 491 g/mol. The van der Waals surface area contributed by atoms with Crippen LogP contribution in [0.25, 0.3) is 11.1 Å². The van der Waals surface area contributed by atoms with E-state index in [0.29, 0.717) is 11.5 Å². The van der Waals surface area contributed by atoms with Gasteiger partial charge in [0.25, 0.3) is 0 Å². The number of halogens is 3. The highest BCUT2D eigenvalue weighted by atomic mass is 19.1. The molecule has 0 bridgehead atoms. The number of rotatable bonds is 8. The number of ether oxygens (including phenoxy) is 2. The lowest BCUT2D eigenvalue weighted by atomic mass is 9.93. The van der Waals surface area contributed by atoms with Crippen LogP contribution in [0.4, 0.5) is 13.2 Å². The van der Waals surface area contributed by atoms with E-state index in [9.17, 15) is 18.0 Å². The van der Waals surface area contributed by atoms with Gasteiger partial charge in [0.2, 0.25) is 0 Å². The van der Waals surface area contributed by atoms with E-state index in [2.05, 4.69) is 19.1 Å². The third-order valence-corrected chi connectivity index (χ3v) is 5.86. The molecule has 0 aliphatic heterocycles. The zero-order valence-electron chi connectivity index (χ0n) is 19.9. The highest BCUT2D eigenvalue weighted by Crippen LogP contribution is 2.29. The van der Waals surface area contributed by atoms with Crippen LogP contribution in [-0.4, -0.2) is 12.6 Å². The van der Waals surface area contributed by atoms with Crippen molar-refractivity contribution in [2.45, 2.75) is 26.2 Å². The molecule has 4 aromatic carbocycles. The van der Waals surface area contributed by atoms with Gasteiger partial charge in [-0.05, 0) is 53.6 Å². The van der Waals surface area contributed by atoms with Gasteiger partial charge in [-0.2, -0.15) is 0 Å². The van der Waals surface area contributed by atoms with E-state index in [4.69, 9.17) is 9.47 Å². The molecule has 0 radical (unpaired) electrons. The smallest absolute Gasteiger partial charge is 0.346 e. The Morgan fingerprint density at radius 1 is 0.806 bits per heavy atom. The first-order chi connectivity index (χ1) is 17.4. The Hall–Kier alpha value is -4.06. The Morgan fingerprint density at radius 2 is 1.44 bits per heavy atom. The van der Waals surface area contributed by atoms with Crippen molar-refractivity contribution < 1.29 is 27.4 Å². The topological polar surface area (TPSA) is 35.5 Å². The van der Waals surface area contributed by atoms with Gasteiger partial charge in [0.15, 0.2) is 17.4 Å². The highest BCUT2D eigenvalue weighted by molar-refractivity contribution is 5.92. The summed E-state index contributed by atoms with van der Waals surface area (Å²) < 4.78 is 52.7. The molecule has 0 aromatic heterocycles. The summed E-state index contributed by atoms with van der Waals surface area (Å²) >= 11 is 0. The van der Waals surface area contributed by atoms with Gasteiger partial charge in [-0.3, -0.25) is 0 Å². The predicted octanol–water partition coefficient (Wildman–Crippen LogP) is 7.74. The molecule has 0 heterocycles. The number of esters is 1. The fourth-order valence-electron chi connectivity index (χ4n) is 3.99. The van der Waals surface area contributed by atoms with Crippen molar-refractivity contribution in [3.8, 4) is 22.6 Å². The van der Waals surface area contributed by atoms with Crippen LogP contribution in [-0.2, 0) is 6.42 Å². The zero-order valence-corrected chi connectivity index (χ0v) is 19.9. The summed E-state index contributed by atoms with van der Waals surface area (Å²) in [6, 6.07) is 23.8. The van der Waals surface area contributed by atoms with E-state index in [1.54, 1.807) is 13.0 Å². The van der Waals surface area contributed by atoms with Crippen molar-refractivity contribution in [2.75, 3.05) is 6.61 Å². The molecule has 0 spiro atoms. The van der Waals surface area contributed by atoms with Gasteiger partial charge in [-0.15, -0.1) is 0 Å². The summed E-state index contributed by atoms with van der Waals surface area (Å²) in [5.74, 6) is -4.49. The lowest BCUT2D eigenvalue weighted by Gasteiger charge is -2.13. The first-order valence-electron chi connectivity index (χ1n) is 11.6. The number of carbonyl (C=O) groups excluding carboxylic acids is 1. The maximum absolute atomic E-state index is 14.8. The molecule has 4 rings (SSSR count). The summed E-state index contributed by atoms with van der Waals surface area (Å²) in [4.78, 5) is 12.4. The normalized spacial score (nSPS) is 11.7. The van der Waals surface area contributed by atoms with E-state index >= 15 is 0 Å².